The van der Waals surface area contributed by atoms with E-state index in [4.69, 9.17) is 0 Å². The summed E-state index contributed by atoms with van der Waals surface area (Å²) in [5.74, 6) is 0.872. The summed E-state index contributed by atoms with van der Waals surface area (Å²) in [6.07, 6.45) is 5.17. The Hall–Kier alpha value is -3.52. The van der Waals surface area contributed by atoms with E-state index in [9.17, 15) is 4.79 Å². The lowest BCUT2D eigenvalue weighted by Crippen LogP contribution is -2.15. The van der Waals surface area contributed by atoms with Gasteiger partial charge in [0.15, 0.2) is 5.82 Å². The third kappa shape index (κ3) is 3.77. The number of anilines is 1. The number of pyridine rings is 2. The zero-order valence-electron chi connectivity index (χ0n) is 15.2. The maximum Gasteiger partial charge on any atom is 0.268 e. The monoisotopic (exact) mass is 388 g/mol. The van der Waals surface area contributed by atoms with Crippen LogP contribution < -0.4 is 5.32 Å². The molecule has 0 aliphatic carbocycles. The molecule has 0 aliphatic heterocycles. The molecule has 0 spiro atoms. The van der Waals surface area contributed by atoms with Crippen molar-refractivity contribution in [3.63, 3.8) is 0 Å². The fraction of sp³-hybridized carbons (Fsp3) is 0.100. The summed E-state index contributed by atoms with van der Waals surface area (Å²) in [4.78, 5) is 35.7. The predicted molar refractivity (Wildman–Crippen MR) is 108 cm³/mol. The lowest BCUT2D eigenvalue weighted by atomic mass is 10.2. The molecule has 0 bridgehead atoms. The highest BCUT2D eigenvalue weighted by Gasteiger charge is 2.17. The molecule has 0 unspecified atom stereocenters. The van der Waals surface area contributed by atoms with Gasteiger partial charge in [0.05, 0.1) is 4.88 Å². The number of aromatic nitrogens is 5. The first-order chi connectivity index (χ1) is 13.6. The maximum atomic E-state index is 12.8. The maximum absolute atomic E-state index is 12.8. The quantitative estimate of drug-likeness (QED) is 0.569. The van der Waals surface area contributed by atoms with Crippen LogP contribution in [0.4, 0.5) is 5.95 Å². The highest BCUT2D eigenvalue weighted by atomic mass is 32.1. The van der Waals surface area contributed by atoms with E-state index in [1.165, 1.54) is 11.3 Å². The van der Waals surface area contributed by atoms with Gasteiger partial charge in [-0.1, -0.05) is 12.1 Å². The van der Waals surface area contributed by atoms with Crippen LogP contribution >= 0.6 is 11.3 Å². The molecule has 1 N–H and O–H groups in total. The van der Waals surface area contributed by atoms with Gasteiger partial charge in [-0.05, 0) is 43.7 Å². The summed E-state index contributed by atoms with van der Waals surface area (Å²) in [7, 11) is 0. The third-order valence-electron chi connectivity index (χ3n) is 3.94. The predicted octanol–water partition coefficient (Wildman–Crippen LogP) is 3.93. The molecular weight excluding hydrogens is 372 g/mol. The first-order valence-corrected chi connectivity index (χ1v) is 9.38. The highest BCUT2D eigenvalue weighted by Crippen LogP contribution is 2.31. The Morgan fingerprint density at radius 2 is 1.93 bits per heavy atom. The van der Waals surface area contributed by atoms with E-state index in [-0.39, 0.29) is 11.9 Å². The largest absolute Gasteiger partial charge is 0.290 e. The standard InChI is InChI=1S/C20H16N6OS/c1-12-10-16(14-6-5-8-21-11-14)28-17(12)19(27)26-20-24-13(2)23-18(25-20)15-7-3-4-9-22-15/h3-11H,1-2H3,(H,23,24,25,26,27). The van der Waals surface area contributed by atoms with E-state index >= 15 is 0 Å². The van der Waals surface area contributed by atoms with Crippen molar-refractivity contribution in [3.8, 4) is 22.0 Å². The Bertz CT molecular complexity index is 1130. The number of rotatable bonds is 4. The van der Waals surface area contributed by atoms with Crippen LogP contribution in [-0.2, 0) is 0 Å². The second-order valence-electron chi connectivity index (χ2n) is 6.06. The molecule has 0 aliphatic rings. The van der Waals surface area contributed by atoms with Crippen molar-refractivity contribution in [1.29, 1.82) is 0 Å². The van der Waals surface area contributed by atoms with E-state index in [1.807, 2.05) is 43.3 Å². The molecule has 138 valence electrons. The molecule has 4 aromatic heterocycles. The number of amides is 1. The molecule has 0 radical (unpaired) electrons. The fourth-order valence-corrected chi connectivity index (χ4v) is 3.72. The summed E-state index contributed by atoms with van der Waals surface area (Å²) >= 11 is 1.41. The molecular formula is C20H16N6OS. The Labute approximate surface area is 165 Å². The minimum Gasteiger partial charge on any atom is -0.290 e. The second-order valence-corrected chi connectivity index (χ2v) is 7.12. The van der Waals surface area contributed by atoms with Gasteiger partial charge in [-0.3, -0.25) is 20.1 Å². The van der Waals surface area contributed by atoms with Crippen molar-refractivity contribution in [2.75, 3.05) is 5.32 Å². The van der Waals surface area contributed by atoms with Crippen molar-refractivity contribution in [2.24, 2.45) is 0 Å². The summed E-state index contributed by atoms with van der Waals surface area (Å²) in [6, 6.07) is 11.3. The van der Waals surface area contributed by atoms with E-state index in [2.05, 4.69) is 30.2 Å². The van der Waals surface area contributed by atoms with Crippen LogP contribution in [0, 0.1) is 13.8 Å². The van der Waals surface area contributed by atoms with Crippen molar-refractivity contribution in [1.82, 2.24) is 24.9 Å². The first kappa shape index (κ1) is 17.9. The molecule has 4 rings (SSSR count). The van der Waals surface area contributed by atoms with Crippen LogP contribution in [0.5, 0.6) is 0 Å². The molecule has 4 heterocycles. The molecule has 28 heavy (non-hydrogen) atoms. The summed E-state index contributed by atoms with van der Waals surface area (Å²) in [6.45, 7) is 3.66. The van der Waals surface area contributed by atoms with Gasteiger partial charge in [0, 0.05) is 29.0 Å². The van der Waals surface area contributed by atoms with Gasteiger partial charge in [0.25, 0.3) is 5.91 Å². The first-order valence-electron chi connectivity index (χ1n) is 8.56. The number of thiophene rings is 1. The van der Waals surface area contributed by atoms with Gasteiger partial charge in [-0.25, -0.2) is 4.98 Å². The SMILES string of the molecule is Cc1nc(NC(=O)c2sc(-c3cccnc3)cc2C)nc(-c2ccccn2)n1. The molecule has 0 saturated heterocycles. The fourth-order valence-electron chi connectivity index (χ4n) is 2.66. The Kier molecular flexibility index (Phi) is 4.86. The lowest BCUT2D eigenvalue weighted by Gasteiger charge is -2.06. The van der Waals surface area contributed by atoms with Crippen LogP contribution in [0.3, 0.4) is 0 Å². The highest BCUT2D eigenvalue weighted by molar-refractivity contribution is 7.17. The summed E-state index contributed by atoms with van der Waals surface area (Å²) in [5.41, 5.74) is 2.48. The smallest absolute Gasteiger partial charge is 0.268 e. The molecule has 7 nitrogen and oxygen atoms in total. The molecule has 0 atom stereocenters. The van der Waals surface area contributed by atoms with Crippen LogP contribution in [0.2, 0.25) is 0 Å². The molecule has 0 saturated carbocycles. The van der Waals surface area contributed by atoms with Crippen LogP contribution in [0.25, 0.3) is 22.0 Å². The number of hydrogen-bond acceptors (Lipinski definition) is 7. The van der Waals surface area contributed by atoms with Crippen molar-refractivity contribution in [3.05, 3.63) is 71.3 Å². The zero-order chi connectivity index (χ0) is 19.5. The Balaban J connectivity index is 1.61. The van der Waals surface area contributed by atoms with Gasteiger partial charge in [0.1, 0.15) is 11.5 Å². The number of carbonyl (C=O) groups excluding carboxylic acids is 1. The normalized spacial score (nSPS) is 10.6. The van der Waals surface area contributed by atoms with E-state index in [0.717, 1.165) is 16.0 Å². The van der Waals surface area contributed by atoms with Gasteiger partial charge < -0.3 is 0 Å². The van der Waals surface area contributed by atoms with Crippen molar-refractivity contribution < 1.29 is 4.79 Å². The van der Waals surface area contributed by atoms with Crippen molar-refractivity contribution >= 4 is 23.2 Å². The average molecular weight is 388 g/mol. The minimum absolute atomic E-state index is 0.203. The molecule has 4 aromatic rings. The number of carbonyl (C=O) groups is 1. The molecule has 1 amide bonds. The molecule has 8 heteroatoms. The second kappa shape index (κ2) is 7.61. The Morgan fingerprint density at radius 3 is 2.68 bits per heavy atom. The van der Waals surface area contributed by atoms with E-state index in [1.54, 1.807) is 25.5 Å². The van der Waals surface area contributed by atoms with Gasteiger partial charge in [-0.2, -0.15) is 9.97 Å². The zero-order valence-corrected chi connectivity index (χ0v) is 16.1. The van der Waals surface area contributed by atoms with Gasteiger partial charge in [-0.15, -0.1) is 11.3 Å². The van der Waals surface area contributed by atoms with Gasteiger partial charge >= 0.3 is 0 Å². The van der Waals surface area contributed by atoms with Crippen LogP contribution in [0.1, 0.15) is 21.1 Å². The number of aryl methyl sites for hydroxylation is 2. The van der Waals surface area contributed by atoms with E-state index < -0.39 is 0 Å². The summed E-state index contributed by atoms with van der Waals surface area (Å²) in [5, 5.41) is 2.78. The Morgan fingerprint density at radius 1 is 1.04 bits per heavy atom. The molecule has 0 fully saturated rings. The topological polar surface area (TPSA) is 93.6 Å². The van der Waals surface area contributed by atoms with Crippen LogP contribution in [-0.4, -0.2) is 30.8 Å². The number of nitrogens with one attached hydrogen (secondary N) is 1. The number of hydrogen-bond donors (Lipinski definition) is 1. The van der Waals surface area contributed by atoms with Crippen molar-refractivity contribution in [2.45, 2.75) is 13.8 Å². The summed E-state index contributed by atoms with van der Waals surface area (Å²) < 4.78 is 0. The third-order valence-corrected chi connectivity index (χ3v) is 5.22. The molecule has 0 aromatic carbocycles. The average Bonchev–Trinajstić information content (AvgIpc) is 3.11. The van der Waals surface area contributed by atoms with E-state index in [0.29, 0.717) is 22.2 Å². The van der Waals surface area contributed by atoms with Gasteiger partial charge in [0.2, 0.25) is 5.95 Å². The van der Waals surface area contributed by atoms with Crippen LogP contribution in [0.15, 0.2) is 55.0 Å². The number of nitrogens with zero attached hydrogens (tertiary/aromatic N) is 5. The minimum atomic E-state index is -0.254. The lowest BCUT2D eigenvalue weighted by molar-refractivity contribution is 0.102.